The molecule has 0 N–H and O–H groups in total. The first-order chi connectivity index (χ1) is 13.7. The second-order valence-electron chi connectivity index (χ2n) is 6.71. The standard InChI is InChI=1S/C19H27N3O6/c1-25-9-10-27-14-18(23)22-13-16(28-15-3-2-4-20-12-15)11-17(22)19(24)21-5-7-26-8-6-21/h2-4,12,16-17H,5-11,13-14H2,1H3/t16-,17-/m0/s1. The average molecular weight is 393 g/mol. The summed E-state index contributed by atoms with van der Waals surface area (Å²) >= 11 is 0. The zero-order chi connectivity index (χ0) is 19.8. The summed E-state index contributed by atoms with van der Waals surface area (Å²) in [7, 11) is 1.57. The lowest BCUT2D eigenvalue weighted by Crippen LogP contribution is -2.51. The van der Waals surface area contributed by atoms with Crippen molar-refractivity contribution in [3.05, 3.63) is 24.5 Å². The molecule has 2 atom stereocenters. The fourth-order valence-corrected chi connectivity index (χ4v) is 3.38. The molecule has 28 heavy (non-hydrogen) atoms. The van der Waals surface area contributed by atoms with E-state index in [0.717, 1.165) is 0 Å². The van der Waals surface area contributed by atoms with E-state index in [-0.39, 0.29) is 24.5 Å². The van der Waals surface area contributed by atoms with E-state index in [1.54, 1.807) is 35.4 Å². The predicted molar refractivity (Wildman–Crippen MR) is 98.9 cm³/mol. The summed E-state index contributed by atoms with van der Waals surface area (Å²) in [4.78, 5) is 33.1. The largest absolute Gasteiger partial charge is 0.487 e. The molecule has 2 aliphatic heterocycles. The topological polar surface area (TPSA) is 90.4 Å². The number of carbonyl (C=O) groups is 2. The minimum atomic E-state index is -0.557. The van der Waals surface area contributed by atoms with E-state index in [1.165, 1.54) is 0 Å². The molecule has 0 saturated carbocycles. The molecule has 0 spiro atoms. The van der Waals surface area contributed by atoms with Crippen molar-refractivity contribution in [2.75, 3.05) is 59.8 Å². The van der Waals surface area contributed by atoms with Crippen molar-refractivity contribution in [2.45, 2.75) is 18.6 Å². The molecule has 2 aliphatic rings. The number of methoxy groups -OCH3 is 1. The smallest absolute Gasteiger partial charge is 0.249 e. The second kappa shape index (κ2) is 10.4. The molecule has 0 aliphatic carbocycles. The Hall–Kier alpha value is -2.23. The van der Waals surface area contributed by atoms with E-state index in [4.69, 9.17) is 18.9 Å². The summed E-state index contributed by atoms with van der Waals surface area (Å²) < 4.78 is 21.6. The first-order valence-electron chi connectivity index (χ1n) is 9.48. The van der Waals surface area contributed by atoms with Gasteiger partial charge in [0.25, 0.3) is 0 Å². The number of amides is 2. The van der Waals surface area contributed by atoms with E-state index in [1.807, 2.05) is 6.07 Å². The van der Waals surface area contributed by atoms with Crippen molar-refractivity contribution < 1.29 is 28.5 Å². The molecule has 154 valence electrons. The number of pyridine rings is 1. The molecule has 2 amide bonds. The van der Waals surface area contributed by atoms with Gasteiger partial charge in [-0.3, -0.25) is 14.6 Å². The highest BCUT2D eigenvalue weighted by Crippen LogP contribution is 2.25. The minimum absolute atomic E-state index is 0.0640. The maximum absolute atomic E-state index is 13.0. The molecule has 2 saturated heterocycles. The molecule has 3 heterocycles. The third-order valence-corrected chi connectivity index (χ3v) is 4.79. The lowest BCUT2D eigenvalue weighted by molar-refractivity contribution is -0.148. The van der Waals surface area contributed by atoms with Crippen LogP contribution in [0.5, 0.6) is 5.75 Å². The van der Waals surface area contributed by atoms with Gasteiger partial charge < -0.3 is 28.7 Å². The fourth-order valence-electron chi connectivity index (χ4n) is 3.38. The van der Waals surface area contributed by atoms with Gasteiger partial charge in [0, 0.05) is 32.8 Å². The predicted octanol–water partition coefficient (Wildman–Crippen LogP) is -0.0483. The summed E-state index contributed by atoms with van der Waals surface area (Å²) in [5, 5.41) is 0. The maximum atomic E-state index is 13.0. The van der Waals surface area contributed by atoms with Crippen LogP contribution in [0.3, 0.4) is 0 Å². The van der Waals surface area contributed by atoms with Crippen LogP contribution in [0, 0.1) is 0 Å². The van der Waals surface area contributed by atoms with Gasteiger partial charge in [-0.25, -0.2) is 0 Å². The SMILES string of the molecule is COCCOCC(=O)N1C[C@@H](Oc2cccnc2)C[C@H]1C(=O)N1CCOCC1. The number of carbonyl (C=O) groups excluding carboxylic acids is 2. The van der Waals surface area contributed by atoms with Crippen molar-refractivity contribution in [1.82, 2.24) is 14.8 Å². The quantitative estimate of drug-likeness (QED) is 0.572. The number of ether oxygens (including phenoxy) is 4. The van der Waals surface area contributed by atoms with Gasteiger partial charge in [-0.05, 0) is 12.1 Å². The zero-order valence-corrected chi connectivity index (χ0v) is 16.1. The van der Waals surface area contributed by atoms with E-state index >= 15 is 0 Å². The van der Waals surface area contributed by atoms with Gasteiger partial charge in [0.1, 0.15) is 24.5 Å². The van der Waals surface area contributed by atoms with Gasteiger partial charge >= 0.3 is 0 Å². The van der Waals surface area contributed by atoms with Crippen LogP contribution in [-0.4, -0.2) is 98.5 Å². The Morgan fingerprint density at radius 3 is 2.82 bits per heavy atom. The Bertz CT molecular complexity index is 638. The Balaban J connectivity index is 1.65. The highest BCUT2D eigenvalue weighted by atomic mass is 16.5. The van der Waals surface area contributed by atoms with Crippen molar-refractivity contribution in [1.29, 1.82) is 0 Å². The van der Waals surface area contributed by atoms with E-state index in [9.17, 15) is 9.59 Å². The lowest BCUT2D eigenvalue weighted by Gasteiger charge is -2.32. The number of hydrogen-bond donors (Lipinski definition) is 0. The van der Waals surface area contributed by atoms with Gasteiger partial charge in [0.2, 0.25) is 11.8 Å². The number of likely N-dealkylation sites (tertiary alicyclic amines) is 1. The highest BCUT2D eigenvalue weighted by molar-refractivity contribution is 5.89. The first-order valence-corrected chi connectivity index (χ1v) is 9.48. The summed E-state index contributed by atoms with van der Waals surface area (Å²) in [6, 6.07) is 3.04. The number of rotatable bonds is 8. The molecule has 0 aromatic carbocycles. The summed E-state index contributed by atoms with van der Waals surface area (Å²) in [6.45, 7) is 3.10. The minimum Gasteiger partial charge on any atom is -0.487 e. The molecule has 2 fully saturated rings. The summed E-state index contributed by atoms with van der Waals surface area (Å²) in [5.41, 5.74) is 0. The Kier molecular flexibility index (Phi) is 7.58. The Labute approximate surface area is 164 Å². The monoisotopic (exact) mass is 393 g/mol. The van der Waals surface area contributed by atoms with Gasteiger partial charge in [-0.1, -0.05) is 0 Å². The third-order valence-electron chi connectivity index (χ3n) is 4.79. The lowest BCUT2D eigenvalue weighted by atomic mass is 10.1. The van der Waals surface area contributed by atoms with Crippen LogP contribution in [0.15, 0.2) is 24.5 Å². The van der Waals surface area contributed by atoms with Crippen molar-refractivity contribution in [2.24, 2.45) is 0 Å². The third kappa shape index (κ3) is 5.40. The number of aromatic nitrogens is 1. The molecule has 3 rings (SSSR count). The Morgan fingerprint density at radius 2 is 2.11 bits per heavy atom. The van der Waals surface area contributed by atoms with Crippen LogP contribution < -0.4 is 4.74 Å². The molecular weight excluding hydrogens is 366 g/mol. The number of morpholine rings is 1. The fraction of sp³-hybridized carbons (Fsp3) is 0.632. The first kappa shape index (κ1) is 20.5. The van der Waals surface area contributed by atoms with Crippen LogP contribution in [0.2, 0.25) is 0 Å². The average Bonchev–Trinajstić information content (AvgIpc) is 3.16. The molecule has 1 aromatic rings. The van der Waals surface area contributed by atoms with Crippen molar-refractivity contribution in [3.8, 4) is 5.75 Å². The summed E-state index contributed by atoms with van der Waals surface area (Å²) in [6.07, 6.45) is 3.45. The van der Waals surface area contributed by atoms with Crippen LogP contribution in [-0.2, 0) is 23.8 Å². The normalized spacial score (nSPS) is 22.3. The zero-order valence-electron chi connectivity index (χ0n) is 16.1. The van der Waals surface area contributed by atoms with Crippen molar-refractivity contribution >= 4 is 11.8 Å². The maximum Gasteiger partial charge on any atom is 0.249 e. The highest BCUT2D eigenvalue weighted by Gasteiger charge is 2.42. The molecule has 9 nitrogen and oxygen atoms in total. The van der Waals surface area contributed by atoms with E-state index in [0.29, 0.717) is 58.2 Å². The van der Waals surface area contributed by atoms with Crippen LogP contribution in [0.4, 0.5) is 0 Å². The number of hydrogen-bond acceptors (Lipinski definition) is 7. The molecular formula is C19H27N3O6. The second-order valence-corrected chi connectivity index (χ2v) is 6.71. The van der Waals surface area contributed by atoms with Crippen LogP contribution >= 0.6 is 0 Å². The molecule has 0 bridgehead atoms. The van der Waals surface area contributed by atoms with Gasteiger partial charge in [-0.15, -0.1) is 0 Å². The van der Waals surface area contributed by atoms with Crippen LogP contribution in [0.1, 0.15) is 6.42 Å². The number of nitrogens with zero attached hydrogens (tertiary/aromatic N) is 3. The van der Waals surface area contributed by atoms with Crippen LogP contribution in [0.25, 0.3) is 0 Å². The van der Waals surface area contributed by atoms with E-state index in [2.05, 4.69) is 4.98 Å². The molecule has 0 radical (unpaired) electrons. The molecule has 9 heteroatoms. The Morgan fingerprint density at radius 1 is 1.29 bits per heavy atom. The van der Waals surface area contributed by atoms with Gasteiger partial charge in [-0.2, -0.15) is 0 Å². The van der Waals surface area contributed by atoms with Gasteiger partial charge in [0.15, 0.2) is 0 Å². The molecule has 1 aromatic heterocycles. The van der Waals surface area contributed by atoms with Gasteiger partial charge in [0.05, 0.1) is 39.2 Å². The van der Waals surface area contributed by atoms with Crippen molar-refractivity contribution in [3.63, 3.8) is 0 Å². The summed E-state index contributed by atoms with van der Waals surface area (Å²) in [5.74, 6) is 0.335. The van der Waals surface area contributed by atoms with E-state index < -0.39 is 6.04 Å². The molecule has 0 unspecified atom stereocenters.